The van der Waals surface area contributed by atoms with E-state index in [1.165, 1.54) is 33.6 Å². The molecule has 25 heavy (non-hydrogen) atoms. The maximum Gasteiger partial charge on any atom is 0.220 e. The van der Waals surface area contributed by atoms with Gasteiger partial charge in [0.1, 0.15) is 7.05 Å². The summed E-state index contributed by atoms with van der Waals surface area (Å²) in [7, 11) is 2.14. The molecule has 0 saturated carbocycles. The fourth-order valence-electron chi connectivity index (χ4n) is 3.90. The third-order valence-electron chi connectivity index (χ3n) is 5.19. The van der Waals surface area contributed by atoms with E-state index in [-0.39, 0.29) is 0 Å². The fraction of sp³-hybridized carbons (Fsp3) is 0.227. The van der Waals surface area contributed by atoms with E-state index in [1.807, 2.05) is 6.07 Å². The van der Waals surface area contributed by atoms with Gasteiger partial charge in [-0.05, 0) is 50.2 Å². The minimum absolute atomic E-state index is 0.812. The van der Waals surface area contributed by atoms with Gasteiger partial charge in [-0.3, -0.25) is 0 Å². The van der Waals surface area contributed by atoms with Gasteiger partial charge in [0.05, 0.1) is 10.9 Å². The Hall–Kier alpha value is -2.32. The van der Waals surface area contributed by atoms with Crippen molar-refractivity contribution in [2.45, 2.75) is 13.8 Å². The highest BCUT2D eigenvalue weighted by Crippen LogP contribution is 2.39. The first kappa shape index (κ1) is 16.2. The second-order valence-corrected chi connectivity index (χ2v) is 6.83. The molecule has 0 radical (unpaired) electrons. The average molecular weight is 350 g/mol. The van der Waals surface area contributed by atoms with Crippen LogP contribution >= 0.6 is 11.6 Å². The molecule has 0 N–H and O–H groups in total. The zero-order chi connectivity index (χ0) is 17.6. The monoisotopic (exact) mass is 349 g/mol. The van der Waals surface area contributed by atoms with Gasteiger partial charge in [0.25, 0.3) is 0 Å². The highest BCUT2D eigenvalue weighted by molar-refractivity contribution is 6.37. The molecule has 3 aromatic carbocycles. The zero-order valence-electron chi connectivity index (χ0n) is 14.9. The molecule has 0 aliphatic carbocycles. The topological polar surface area (TPSA) is 6.25 Å². The van der Waals surface area contributed by atoms with Gasteiger partial charge in [-0.1, -0.05) is 23.7 Å². The smallest absolute Gasteiger partial charge is 0.220 e. The summed E-state index contributed by atoms with van der Waals surface area (Å²) in [6, 6.07) is 19.4. The van der Waals surface area contributed by atoms with Crippen LogP contribution in [-0.2, 0) is 0 Å². The standard InChI is InChI=1S/C22H22ClN2/c1-4-25(5-2)16-11-9-15(10-12-16)22-18-8-6-7-17-19(23)13-14-20(21(17)18)24(22)3/h6-14H,4-5H2,1-3H3/q+1. The Labute approximate surface area is 154 Å². The molecule has 3 aromatic rings. The van der Waals surface area contributed by atoms with Gasteiger partial charge < -0.3 is 4.90 Å². The van der Waals surface area contributed by atoms with E-state index in [0.29, 0.717) is 0 Å². The van der Waals surface area contributed by atoms with E-state index in [9.17, 15) is 0 Å². The van der Waals surface area contributed by atoms with Crippen molar-refractivity contribution in [3.8, 4) is 0 Å². The molecule has 0 bridgehead atoms. The first-order valence-corrected chi connectivity index (χ1v) is 9.21. The number of nitrogens with zero attached hydrogens (tertiary/aromatic N) is 2. The van der Waals surface area contributed by atoms with Crippen molar-refractivity contribution in [3.05, 3.63) is 70.7 Å². The largest absolute Gasteiger partial charge is 0.372 e. The Morgan fingerprint density at radius 3 is 2.32 bits per heavy atom. The van der Waals surface area contributed by atoms with Gasteiger partial charge in [-0.2, -0.15) is 4.58 Å². The molecular weight excluding hydrogens is 328 g/mol. The lowest BCUT2D eigenvalue weighted by molar-refractivity contribution is -0.399. The Morgan fingerprint density at radius 2 is 1.64 bits per heavy atom. The predicted molar refractivity (Wildman–Crippen MR) is 108 cm³/mol. The maximum absolute atomic E-state index is 6.42. The summed E-state index contributed by atoms with van der Waals surface area (Å²) < 4.78 is 2.28. The number of anilines is 1. The molecule has 4 rings (SSSR count). The van der Waals surface area contributed by atoms with E-state index in [1.54, 1.807) is 0 Å². The van der Waals surface area contributed by atoms with Crippen molar-refractivity contribution in [1.29, 1.82) is 0 Å². The molecule has 0 amide bonds. The number of hydrogen-bond donors (Lipinski definition) is 0. The van der Waals surface area contributed by atoms with Gasteiger partial charge >= 0.3 is 0 Å². The molecule has 0 fully saturated rings. The highest BCUT2D eigenvalue weighted by Gasteiger charge is 2.31. The molecule has 3 heteroatoms. The second kappa shape index (κ2) is 6.20. The molecule has 0 aromatic heterocycles. The van der Waals surface area contributed by atoms with Crippen LogP contribution in [0.4, 0.5) is 11.4 Å². The number of benzene rings is 3. The Kier molecular flexibility index (Phi) is 4.01. The molecular formula is C22H22ClN2+. The first-order valence-electron chi connectivity index (χ1n) is 8.83. The molecule has 1 heterocycles. The van der Waals surface area contributed by atoms with Crippen LogP contribution in [0, 0.1) is 0 Å². The summed E-state index contributed by atoms with van der Waals surface area (Å²) in [5.41, 5.74) is 6.23. The van der Waals surface area contributed by atoms with Crippen LogP contribution in [0.2, 0.25) is 5.02 Å². The van der Waals surface area contributed by atoms with Crippen molar-refractivity contribution in [2.24, 2.45) is 0 Å². The minimum Gasteiger partial charge on any atom is -0.372 e. The Morgan fingerprint density at radius 1 is 0.920 bits per heavy atom. The number of halogens is 1. The van der Waals surface area contributed by atoms with Crippen LogP contribution in [0.1, 0.15) is 25.0 Å². The maximum atomic E-state index is 6.42. The quantitative estimate of drug-likeness (QED) is 0.566. The summed E-state index contributed by atoms with van der Waals surface area (Å²) in [5.74, 6) is 0. The Balaban J connectivity index is 1.85. The summed E-state index contributed by atoms with van der Waals surface area (Å²) in [4.78, 5) is 2.36. The fourth-order valence-corrected chi connectivity index (χ4v) is 4.12. The van der Waals surface area contributed by atoms with Crippen molar-refractivity contribution in [2.75, 3.05) is 25.0 Å². The first-order chi connectivity index (χ1) is 12.2. The van der Waals surface area contributed by atoms with Gasteiger partial charge in [0.15, 0.2) is 0 Å². The van der Waals surface area contributed by atoms with Gasteiger partial charge in [-0.25, -0.2) is 0 Å². The predicted octanol–water partition coefficient (Wildman–Crippen LogP) is 5.46. The minimum atomic E-state index is 0.812. The van der Waals surface area contributed by atoms with Crippen molar-refractivity contribution < 1.29 is 4.58 Å². The average Bonchev–Trinajstić information content (AvgIpc) is 2.93. The number of hydrogen-bond acceptors (Lipinski definition) is 1. The second-order valence-electron chi connectivity index (χ2n) is 6.42. The van der Waals surface area contributed by atoms with Crippen molar-refractivity contribution in [3.63, 3.8) is 0 Å². The van der Waals surface area contributed by atoms with Crippen LogP contribution < -0.4 is 4.90 Å². The van der Waals surface area contributed by atoms with Crippen molar-refractivity contribution in [1.82, 2.24) is 0 Å². The molecule has 2 nitrogen and oxygen atoms in total. The third kappa shape index (κ3) is 2.44. The highest BCUT2D eigenvalue weighted by atomic mass is 35.5. The molecule has 0 spiro atoms. The SMILES string of the molecule is CCN(CC)c1ccc(C2=[N+](C)c3ccc(Cl)c4cccc2c34)cc1. The lowest BCUT2D eigenvalue weighted by Crippen LogP contribution is -2.21. The lowest BCUT2D eigenvalue weighted by atomic mass is 9.98. The van der Waals surface area contributed by atoms with Crippen molar-refractivity contribution >= 4 is 39.5 Å². The van der Waals surface area contributed by atoms with E-state index in [2.05, 4.69) is 78.9 Å². The Bertz CT molecular complexity index is 983. The van der Waals surface area contributed by atoms with E-state index in [4.69, 9.17) is 11.6 Å². The third-order valence-corrected chi connectivity index (χ3v) is 5.52. The van der Waals surface area contributed by atoms with Crippen LogP contribution in [0.15, 0.2) is 54.6 Å². The van der Waals surface area contributed by atoms with E-state index in [0.717, 1.165) is 23.5 Å². The molecule has 1 aliphatic heterocycles. The van der Waals surface area contributed by atoms with Gasteiger partial charge in [0, 0.05) is 40.8 Å². The molecule has 0 saturated heterocycles. The summed E-state index contributed by atoms with van der Waals surface area (Å²) in [6.45, 7) is 6.43. The normalized spacial score (nSPS) is 13.0. The number of rotatable bonds is 4. The van der Waals surface area contributed by atoms with Crippen LogP contribution in [0.3, 0.4) is 0 Å². The summed E-state index contributed by atoms with van der Waals surface area (Å²) in [5, 5.41) is 3.19. The van der Waals surface area contributed by atoms with E-state index < -0.39 is 0 Å². The van der Waals surface area contributed by atoms with Gasteiger partial charge in [0.2, 0.25) is 11.4 Å². The molecule has 0 unspecified atom stereocenters. The molecule has 0 atom stereocenters. The van der Waals surface area contributed by atoms with Crippen LogP contribution in [0.5, 0.6) is 0 Å². The summed E-state index contributed by atoms with van der Waals surface area (Å²) in [6.07, 6.45) is 0. The van der Waals surface area contributed by atoms with Crippen LogP contribution in [0.25, 0.3) is 10.8 Å². The van der Waals surface area contributed by atoms with Gasteiger partial charge in [-0.15, -0.1) is 0 Å². The van der Waals surface area contributed by atoms with E-state index >= 15 is 0 Å². The molecule has 1 aliphatic rings. The lowest BCUT2D eigenvalue weighted by Gasteiger charge is -2.20. The summed E-state index contributed by atoms with van der Waals surface area (Å²) >= 11 is 6.42. The molecule has 126 valence electrons. The van der Waals surface area contributed by atoms with Crippen LogP contribution in [-0.4, -0.2) is 30.4 Å². The zero-order valence-corrected chi connectivity index (χ0v) is 15.6.